The zero-order valence-electron chi connectivity index (χ0n) is 10.8. The minimum atomic E-state index is -0.428. The van der Waals surface area contributed by atoms with Crippen LogP contribution in [0.4, 0.5) is 0 Å². The van der Waals surface area contributed by atoms with Crippen molar-refractivity contribution in [3.05, 3.63) is 29.8 Å². The Balaban J connectivity index is 2.48. The highest BCUT2D eigenvalue weighted by molar-refractivity contribution is 5.28. The molecule has 1 rings (SSSR count). The Morgan fingerprint density at radius 3 is 2.35 bits per heavy atom. The molecular formula is C14H22O3. The van der Waals surface area contributed by atoms with E-state index >= 15 is 0 Å². The second kappa shape index (κ2) is 7.30. The molecule has 3 nitrogen and oxygen atoms in total. The molecule has 0 aromatic heterocycles. The predicted octanol–water partition coefficient (Wildman–Crippen LogP) is 2.93. The molecule has 1 aromatic rings. The maximum atomic E-state index is 9.99. The van der Waals surface area contributed by atoms with Crippen LogP contribution in [-0.4, -0.2) is 24.9 Å². The highest BCUT2D eigenvalue weighted by atomic mass is 16.5. The molecule has 0 saturated carbocycles. The molecule has 2 atom stereocenters. The zero-order valence-corrected chi connectivity index (χ0v) is 10.8. The molecule has 0 fully saturated rings. The van der Waals surface area contributed by atoms with Crippen molar-refractivity contribution in [3.8, 4) is 5.75 Å². The first kappa shape index (κ1) is 14.0. The van der Waals surface area contributed by atoms with Gasteiger partial charge in [0.05, 0.1) is 18.8 Å². The topological polar surface area (TPSA) is 38.7 Å². The Morgan fingerprint density at radius 2 is 1.82 bits per heavy atom. The summed E-state index contributed by atoms with van der Waals surface area (Å²) >= 11 is 0. The van der Waals surface area contributed by atoms with Gasteiger partial charge in [0.1, 0.15) is 5.75 Å². The molecule has 1 N–H and O–H groups in total. The lowest BCUT2D eigenvalue weighted by Gasteiger charge is -2.14. The molecule has 2 unspecified atom stereocenters. The summed E-state index contributed by atoms with van der Waals surface area (Å²) < 4.78 is 10.5. The average molecular weight is 238 g/mol. The molecular weight excluding hydrogens is 216 g/mol. The van der Waals surface area contributed by atoms with Crippen molar-refractivity contribution >= 4 is 0 Å². The largest absolute Gasteiger partial charge is 0.494 e. The van der Waals surface area contributed by atoms with E-state index < -0.39 is 6.10 Å². The molecule has 0 bridgehead atoms. The van der Waals surface area contributed by atoms with Gasteiger partial charge in [0.2, 0.25) is 0 Å². The van der Waals surface area contributed by atoms with E-state index in [1.54, 1.807) is 7.11 Å². The van der Waals surface area contributed by atoms with Crippen LogP contribution >= 0.6 is 0 Å². The third-order valence-electron chi connectivity index (χ3n) is 2.82. The second-order valence-corrected chi connectivity index (χ2v) is 4.14. The summed E-state index contributed by atoms with van der Waals surface area (Å²) in [4.78, 5) is 0. The maximum Gasteiger partial charge on any atom is 0.119 e. The molecule has 0 aliphatic carbocycles. The van der Waals surface area contributed by atoms with E-state index in [9.17, 15) is 5.11 Å². The summed E-state index contributed by atoms with van der Waals surface area (Å²) in [6.45, 7) is 4.62. The van der Waals surface area contributed by atoms with Crippen LogP contribution in [0.5, 0.6) is 5.75 Å². The van der Waals surface area contributed by atoms with E-state index in [4.69, 9.17) is 9.47 Å². The van der Waals surface area contributed by atoms with Crippen LogP contribution in [0.15, 0.2) is 24.3 Å². The third-order valence-corrected chi connectivity index (χ3v) is 2.82. The Hall–Kier alpha value is -1.06. The molecule has 96 valence electrons. The molecule has 0 saturated heterocycles. The molecule has 0 aliphatic heterocycles. The first-order chi connectivity index (χ1) is 8.17. The van der Waals surface area contributed by atoms with Gasteiger partial charge in [0.25, 0.3) is 0 Å². The molecule has 3 heteroatoms. The van der Waals surface area contributed by atoms with Gasteiger partial charge in [-0.25, -0.2) is 0 Å². The number of aliphatic hydroxyl groups excluding tert-OH is 1. The zero-order chi connectivity index (χ0) is 12.7. The summed E-state index contributed by atoms with van der Waals surface area (Å²) in [5, 5.41) is 9.99. The second-order valence-electron chi connectivity index (χ2n) is 4.14. The first-order valence-corrected chi connectivity index (χ1v) is 6.11. The minimum absolute atomic E-state index is 0.187. The van der Waals surface area contributed by atoms with Crippen LogP contribution in [0.1, 0.15) is 38.4 Å². The van der Waals surface area contributed by atoms with Crippen LogP contribution in [0, 0.1) is 0 Å². The number of methoxy groups -OCH3 is 1. The Labute approximate surface area is 103 Å². The Kier molecular flexibility index (Phi) is 6.01. The van der Waals surface area contributed by atoms with Gasteiger partial charge in [-0.2, -0.15) is 0 Å². The van der Waals surface area contributed by atoms with Crippen LogP contribution in [0.25, 0.3) is 0 Å². The molecule has 0 radical (unpaired) electrons. The van der Waals surface area contributed by atoms with Crippen molar-refractivity contribution in [3.63, 3.8) is 0 Å². The number of aliphatic hydroxyl groups is 1. The van der Waals surface area contributed by atoms with Crippen molar-refractivity contribution < 1.29 is 14.6 Å². The lowest BCUT2D eigenvalue weighted by Crippen LogP contribution is -2.07. The summed E-state index contributed by atoms with van der Waals surface area (Å²) in [6.07, 6.45) is 1.32. The van der Waals surface area contributed by atoms with E-state index in [1.165, 1.54) is 0 Å². The fourth-order valence-corrected chi connectivity index (χ4v) is 1.63. The van der Waals surface area contributed by atoms with Gasteiger partial charge in [-0.3, -0.25) is 0 Å². The summed E-state index contributed by atoms with van der Waals surface area (Å²) in [6, 6.07) is 7.60. The smallest absolute Gasteiger partial charge is 0.119 e. The molecule has 0 heterocycles. The summed E-state index contributed by atoms with van der Waals surface area (Å²) in [7, 11) is 1.69. The van der Waals surface area contributed by atoms with E-state index in [0.717, 1.165) is 17.7 Å². The highest BCUT2D eigenvalue weighted by Crippen LogP contribution is 2.22. The fourth-order valence-electron chi connectivity index (χ4n) is 1.63. The van der Waals surface area contributed by atoms with Crippen molar-refractivity contribution in [1.82, 2.24) is 0 Å². The lowest BCUT2D eigenvalue weighted by atomic mass is 10.0. The van der Waals surface area contributed by atoms with Crippen LogP contribution in [0.3, 0.4) is 0 Å². The molecule has 1 aromatic carbocycles. The number of hydrogen-bond acceptors (Lipinski definition) is 3. The number of ether oxygens (including phenoxy) is 2. The van der Waals surface area contributed by atoms with Gasteiger partial charge >= 0.3 is 0 Å². The van der Waals surface area contributed by atoms with Gasteiger partial charge in [-0.05, 0) is 44.4 Å². The monoisotopic (exact) mass is 238 g/mol. The van der Waals surface area contributed by atoms with Gasteiger partial charge in [-0.15, -0.1) is 0 Å². The van der Waals surface area contributed by atoms with E-state index in [2.05, 4.69) is 0 Å². The van der Waals surface area contributed by atoms with Crippen molar-refractivity contribution in [2.75, 3.05) is 13.7 Å². The summed E-state index contributed by atoms with van der Waals surface area (Å²) in [5.41, 5.74) is 0.928. The number of rotatable bonds is 7. The lowest BCUT2D eigenvalue weighted by molar-refractivity contribution is 0.0851. The molecule has 0 amide bonds. The van der Waals surface area contributed by atoms with Gasteiger partial charge in [0, 0.05) is 7.11 Å². The Bertz CT molecular complexity index is 308. The van der Waals surface area contributed by atoms with Crippen LogP contribution in [0.2, 0.25) is 0 Å². The fraction of sp³-hybridized carbons (Fsp3) is 0.571. The van der Waals surface area contributed by atoms with E-state index in [-0.39, 0.29) is 6.10 Å². The quantitative estimate of drug-likeness (QED) is 0.793. The van der Waals surface area contributed by atoms with Crippen molar-refractivity contribution in [2.45, 2.75) is 38.9 Å². The SMILES string of the molecule is CCOc1ccc(C(O)CCC(C)OC)cc1. The van der Waals surface area contributed by atoms with Crippen LogP contribution in [-0.2, 0) is 4.74 Å². The van der Waals surface area contributed by atoms with Crippen molar-refractivity contribution in [1.29, 1.82) is 0 Å². The number of benzene rings is 1. The normalized spacial score (nSPS) is 14.4. The predicted molar refractivity (Wildman–Crippen MR) is 68.3 cm³/mol. The molecule has 0 spiro atoms. The first-order valence-electron chi connectivity index (χ1n) is 6.11. The summed E-state index contributed by atoms with van der Waals surface area (Å²) in [5.74, 6) is 0.841. The Morgan fingerprint density at radius 1 is 1.18 bits per heavy atom. The molecule has 0 aliphatic rings. The van der Waals surface area contributed by atoms with Crippen LogP contribution < -0.4 is 4.74 Å². The minimum Gasteiger partial charge on any atom is -0.494 e. The van der Waals surface area contributed by atoms with E-state index in [0.29, 0.717) is 13.0 Å². The molecule has 17 heavy (non-hydrogen) atoms. The standard InChI is InChI=1S/C14H22O3/c1-4-17-13-8-6-12(7-9-13)14(15)10-5-11(2)16-3/h6-9,11,14-15H,4-5,10H2,1-3H3. The highest BCUT2D eigenvalue weighted by Gasteiger charge is 2.09. The van der Waals surface area contributed by atoms with E-state index in [1.807, 2.05) is 38.1 Å². The van der Waals surface area contributed by atoms with Gasteiger partial charge in [0.15, 0.2) is 0 Å². The maximum absolute atomic E-state index is 9.99. The average Bonchev–Trinajstić information content (AvgIpc) is 2.36. The third kappa shape index (κ3) is 4.75. The van der Waals surface area contributed by atoms with Crippen molar-refractivity contribution in [2.24, 2.45) is 0 Å². The number of hydrogen-bond donors (Lipinski definition) is 1. The van der Waals surface area contributed by atoms with Gasteiger partial charge in [-0.1, -0.05) is 12.1 Å². The van der Waals surface area contributed by atoms with Gasteiger partial charge < -0.3 is 14.6 Å².